The third kappa shape index (κ3) is 5.24. The molecule has 0 saturated heterocycles. The molecule has 0 fully saturated rings. The zero-order chi connectivity index (χ0) is 25.8. The fraction of sp³-hybridized carbons (Fsp3) is 0.179. The summed E-state index contributed by atoms with van der Waals surface area (Å²) in [6, 6.07) is 24.0. The van der Waals surface area contributed by atoms with Gasteiger partial charge in [0.1, 0.15) is 0 Å². The molecule has 5 rings (SSSR count). The van der Waals surface area contributed by atoms with Gasteiger partial charge in [0.2, 0.25) is 5.91 Å². The number of hydrogen-bond acceptors (Lipinski definition) is 7. The summed E-state index contributed by atoms with van der Waals surface area (Å²) in [6.45, 7) is 5.65. The van der Waals surface area contributed by atoms with Crippen molar-refractivity contribution in [3.8, 4) is 0 Å². The van der Waals surface area contributed by atoms with Gasteiger partial charge >= 0.3 is 7.12 Å². The topological polar surface area (TPSA) is 110 Å². The van der Waals surface area contributed by atoms with Crippen molar-refractivity contribution in [2.24, 2.45) is 10.3 Å². The Balaban J connectivity index is 1.45. The van der Waals surface area contributed by atoms with Crippen LogP contribution in [0, 0.1) is 0 Å². The van der Waals surface area contributed by atoms with Crippen LogP contribution in [0.2, 0.25) is 0 Å². The standard InChI is InChI=1S/C28H28BN5O3/c1-2-28(35)31-27-18-34(33-32-27)17-25-22-12-6-4-10-20(22)24(21-11-5-7-13-23(21)25)16-30-15-19-9-3-8-14-26(19)29(36)37/h2-14,27,30,36-37H,1,15-18H2,(H,31,35). The third-order valence-electron chi connectivity index (χ3n) is 6.64. The van der Waals surface area contributed by atoms with Gasteiger partial charge in [-0.3, -0.25) is 9.80 Å². The van der Waals surface area contributed by atoms with Crippen molar-refractivity contribution in [1.82, 2.24) is 15.6 Å². The van der Waals surface area contributed by atoms with E-state index < -0.39 is 13.3 Å². The van der Waals surface area contributed by atoms with Gasteiger partial charge in [0.15, 0.2) is 6.17 Å². The Hall–Kier alpha value is -4.05. The Bertz CT molecular complexity index is 1430. The van der Waals surface area contributed by atoms with Gasteiger partial charge in [0.25, 0.3) is 0 Å². The molecule has 0 bridgehead atoms. The molecule has 4 N–H and O–H groups in total. The number of rotatable bonds is 9. The Morgan fingerprint density at radius 1 is 0.946 bits per heavy atom. The molecule has 1 heterocycles. The predicted molar refractivity (Wildman–Crippen MR) is 146 cm³/mol. The van der Waals surface area contributed by atoms with Crippen molar-refractivity contribution < 1.29 is 14.8 Å². The van der Waals surface area contributed by atoms with E-state index in [0.717, 1.165) is 32.7 Å². The Labute approximate surface area is 215 Å². The number of nitrogens with zero attached hydrogens (tertiary/aromatic N) is 3. The molecule has 1 aliphatic rings. The molecule has 1 unspecified atom stereocenters. The largest absolute Gasteiger partial charge is 0.488 e. The van der Waals surface area contributed by atoms with E-state index in [4.69, 9.17) is 0 Å². The van der Waals surface area contributed by atoms with Crippen LogP contribution in [0.1, 0.15) is 16.7 Å². The number of carbonyl (C=O) groups is 1. The normalized spacial score (nSPS) is 14.9. The van der Waals surface area contributed by atoms with Crippen molar-refractivity contribution in [2.45, 2.75) is 25.8 Å². The number of fused-ring (bicyclic) bond motifs is 2. The molecular formula is C28H28BN5O3. The number of benzene rings is 4. The molecular weight excluding hydrogens is 465 g/mol. The number of amides is 1. The van der Waals surface area contributed by atoms with E-state index >= 15 is 0 Å². The first-order valence-electron chi connectivity index (χ1n) is 12.2. The molecule has 1 amide bonds. The molecule has 0 radical (unpaired) electrons. The summed E-state index contributed by atoms with van der Waals surface area (Å²) >= 11 is 0. The second-order valence-corrected chi connectivity index (χ2v) is 9.00. The monoisotopic (exact) mass is 493 g/mol. The van der Waals surface area contributed by atoms with Gasteiger partial charge in [-0.05, 0) is 49.8 Å². The van der Waals surface area contributed by atoms with Crippen molar-refractivity contribution >= 4 is 40.0 Å². The van der Waals surface area contributed by atoms with Crippen LogP contribution < -0.4 is 16.1 Å². The lowest BCUT2D eigenvalue weighted by Crippen LogP contribution is -2.36. The van der Waals surface area contributed by atoms with Crippen LogP contribution in [0.25, 0.3) is 21.5 Å². The lowest BCUT2D eigenvalue weighted by Gasteiger charge is -2.20. The molecule has 4 aromatic rings. The number of nitrogens with one attached hydrogen (secondary N) is 2. The summed E-state index contributed by atoms with van der Waals surface area (Å²) in [5, 5.41) is 40.6. The molecule has 186 valence electrons. The minimum atomic E-state index is -1.51. The van der Waals surface area contributed by atoms with E-state index in [1.807, 2.05) is 41.4 Å². The highest BCUT2D eigenvalue weighted by atomic mass is 16.4. The second kappa shape index (κ2) is 10.9. The van der Waals surface area contributed by atoms with Crippen molar-refractivity contribution in [3.63, 3.8) is 0 Å². The van der Waals surface area contributed by atoms with E-state index in [-0.39, 0.29) is 5.91 Å². The summed E-state index contributed by atoms with van der Waals surface area (Å²) in [5.41, 5.74) is 3.68. The molecule has 0 spiro atoms. The average molecular weight is 493 g/mol. The molecule has 4 aromatic carbocycles. The molecule has 8 nitrogen and oxygen atoms in total. The van der Waals surface area contributed by atoms with E-state index in [1.54, 1.807) is 12.1 Å². The van der Waals surface area contributed by atoms with Crippen LogP contribution in [-0.2, 0) is 24.4 Å². The third-order valence-corrected chi connectivity index (χ3v) is 6.64. The summed E-state index contributed by atoms with van der Waals surface area (Å²) < 4.78 is 0. The highest BCUT2D eigenvalue weighted by Gasteiger charge is 2.23. The van der Waals surface area contributed by atoms with Gasteiger partial charge in [-0.1, -0.05) is 84.6 Å². The quantitative estimate of drug-likeness (QED) is 0.163. The van der Waals surface area contributed by atoms with E-state index in [1.165, 1.54) is 11.6 Å². The molecule has 0 saturated carbocycles. The molecule has 1 aliphatic heterocycles. The van der Waals surface area contributed by atoms with Gasteiger partial charge in [0, 0.05) is 13.1 Å². The van der Waals surface area contributed by atoms with E-state index in [2.05, 4.69) is 51.8 Å². The maximum Gasteiger partial charge on any atom is 0.488 e. The van der Waals surface area contributed by atoms with Crippen LogP contribution in [0.5, 0.6) is 0 Å². The average Bonchev–Trinajstić information content (AvgIpc) is 3.36. The van der Waals surface area contributed by atoms with E-state index in [9.17, 15) is 14.8 Å². The summed E-state index contributed by atoms with van der Waals surface area (Å²) in [6.07, 6.45) is 0.836. The first kappa shape index (κ1) is 24.6. The van der Waals surface area contributed by atoms with Gasteiger partial charge in [-0.15, -0.1) is 5.11 Å². The second-order valence-electron chi connectivity index (χ2n) is 9.00. The first-order chi connectivity index (χ1) is 18.0. The van der Waals surface area contributed by atoms with Crippen molar-refractivity contribution in [1.29, 1.82) is 0 Å². The fourth-order valence-electron chi connectivity index (χ4n) is 4.92. The molecule has 0 aromatic heterocycles. The van der Waals surface area contributed by atoms with Crippen LogP contribution >= 0.6 is 0 Å². The summed E-state index contributed by atoms with van der Waals surface area (Å²) in [4.78, 5) is 11.7. The minimum absolute atomic E-state index is 0.269. The van der Waals surface area contributed by atoms with Crippen LogP contribution in [-0.4, -0.2) is 40.8 Å². The SMILES string of the molecule is C=CC(=O)NC1CN(Cc2c3ccccc3c(CNCc3ccccc3B(O)O)c3ccccc23)N=N1. The summed E-state index contributed by atoms with van der Waals surface area (Å²) in [7, 11) is -1.51. The Kier molecular flexibility index (Phi) is 7.27. The minimum Gasteiger partial charge on any atom is -0.423 e. The van der Waals surface area contributed by atoms with Gasteiger partial charge in [0.05, 0.1) is 13.1 Å². The van der Waals surface area contributed by atoms with Crippen molar-refractivity contribution in [2.75, 3.05) is 6.54 Å². The smallest absolute Gasteiger partial charge is 0.423 e. The number of hydrogen-bond donors (Lipinski definition) is 4. The predicted octanol–water partition coefficient (Wildman–Crippen LogP) is 2.77. The lowest BCUT2D eigenvalue weighted by atomic mass is 9.77. The highest BCUT2D eigenvalue weighted by molar-refractivity contribution is 6.59. The Morgan fingerprint density at radius 2 is 1.54 bits per heavy atom. The molecule has 9 heteroatoms. The van der Waals surface area contributed by atoms with Crippen LogP contribution in [0.15, 0.2) is 95.8 Å². The Morgan fingerprint density at radius 3 is 2.16 bits per heavy atom. The molecule has 1 atom stereocenters. The van der Waals surface area contributed by atoms with Gasteiger partial charge in [-0.25, -0.2) is 0 Å². The van der Waals surface area contributed by atoms with Crippen LogP contribution in [0.4, 0.5) is 0 Å². The lowest BCUT2D eigenvalue weighted by molar-refractivity contribution is -0.117. The highest BCUT2D eigenvalue weighted by Crippen LogP contribution is 2.34. The molecule has 37 heavy (non-hydrogen) atoms. The maximum absolute atomic E-state index is 11.7. The zero-order valence-corrected chi connectivity index (χ0v) is 20.3. The maximum atomic E-state index is 11.7. The van der Waals surface area contributed by atoms with Crippen molar-refractivity contribution in [3.05, 3.63) is 102 Å². The molecule has 0 aliphatic carbocycles. The first-order valence-corrected chi connectivity index (χ1v) is 12.2. The number of carbonyl (C=O) groups excluding carboxylic acids is 1. The van der Waals surface area contributed by atoms with Crippen LogP contribution in [0.3, 0.4) is 0 Å². The van der Waals surface area contributed by atoms with E-state index in [0.29, 0.717) is 31.6 Å². The fourth-order valence-corrected chi connectivity index (χ4v) is 4.92. The summed E-state index contributed by atoms with van der Waals surface area (Å²) in [5.74, 6) is -0.269. The van der Waals surface area contributed by atoms with Gasteiger partial charge in [-0.2, -0.15) is 0 Å². The zero-order valence-electron chi connectivity index (χ0n) is 20.3. The van der Waals surface area contributed by atoms with Gasteiger partial charge < -0.3 is 20.7 Å².